The van der Waals surface area contributed by atoms with Crippen LogP contribution in [0.25, 0.3) is 0 Å². The number of carbonyl (C=O) groups is 1. The second-order valence-electron chi connectivity index (χ2n) is 3.63. The molecule has 0 amide bonds. The van der Waals surface area contributed by atoms with Gasteiger partial charge in [0.05, 0.1) is 12.8 Å². The summed E-state index contributed by atoms with van der Waals surface area (Å²) in [6.45, 7) is 1.85. The van der Waals surface area contributed by atoms with Crippen molar-refractivity contribution in [1.29, 1.82) is 0 Å². The lowest BCUT2D eigenvalue weighted by molar-refractivity contribution is -0.140. The van der Waals surface area contributed by atoms with Gasteiger partial charge in [-0.25, -0.2) is 0 Å². The van der Waals surface area contributed by atoms with Gasteiger partial charge in [-0.05, 0) is 13.3 Å². The first-order valence-electron chi connectivity index (χ1n) is 4.98. The number of halogens is 1. The van der Waals surface area contributed by atoms with Gasteiger partial charge in [0.15, 0.2) is 0 Å². The first-order chi connectivity index (χ1) is 7.47. The average molecular weight is 246 g/mol. The number of nitrogens with two attached hydrogens (primary N) is 1. The molecule has 0 aliphatic heterocycles. The molecule has 6 heteroatoms. The summed E-state index contributed by atoms with van der Waals surface area (Å²) in [6.07, 6.45) is 0.779. The van der Waals surface area contributed by atoms with Gasteiger partial charge in [0.25, 0.3) is 0 Å². The van der Waals surface area contributed by atoms with Crippen molar-refractivity contribution < 1.29 is 9.53 Å². The number of esters is 1. The van der Waals surface area contributed by atoms with Crippen molar-refractivity contribution in [2.24, 2.45) is 12.8 Å². The minimum atomic E-state index is -0.291. The van der Waals surface area contributed by atoms with E-state index in [1.807, 2.05) is 6.92 Å². The Morgan fingerprint density at radius 2 is 2.31 bits per heavy atom. The SMILES string of the molecule is COC(=O)CCC(N)c1c(C)nn(C)c1Cl. The molecule has 0 aliphatic carbocycles. The van der Waals surface area contributed by atoms with Crippen LogP contribution in [-0.4, -0.2) is 22.9 Å². The third-order valence-electron chi connectivity index (χ3n) is 2.45. The third-order valence-corrected chi connectivity index (χ3v) is 2.90. The second-order valence-corrected chi connectivity index (χ2v) is 3.99. The molecule has 5 nitrogen and oxygen atoms in total. The number of nitrogens with zero attached hydrogens (tertiary/aromatic N) is 2. The summed E-state index contributed by atoms with van der Waals surface area (Å²) >= 11 is 6.06. The minimum absolute atomic E-state index is 0.270. The van der Waals surface area contributed by atoms with Crippen LogP contribution < -0.4 is 5.73 Å². The lowest BCUT2D eigenvalue weighted by atomic mass is 10.0. The monoisotopic (exact) mass is 245 g/mol. The highest BCUT2D eigenvalue weighted by Crippen LogP contribution is 2.27. The van der Waals surface area contributed by atoms with Crippen molar-refractivity contribution in [3.8, 4) is 0 Å². The summed E-state index contributed by atoms with van der Waals surface area (Å²) in [5, 5.41) is 4.69. The van der Waals surface area contributed by atoms with Gasteiger partial charge in [0, 0.05) is 25.1 Å². The molecule has 1 rings (SSSR count). The number of methoxy groups -OCH3 is 1. The Balaban J connectivity index is 2.73. The quantitative estimate of drug-likeness (QED) is 0.813. The van der Waals surface area contributed by atoms with Gasteiger partial charge in [-0.15, -0.1) is 0 Å². The Bertz CT molecular complexity index is 390. The average Bonchev–Trinajstić information content (AvgIpc) is 2.49. The standard InChI is InChI=1S/C10H16ClN3O2/c1-6-9(10(11)14(2)13-6)7(12)4-5-8(15)16-3/h7H,4-5,12H2,1-3H3. The molecule has 0 radical (unpaired) electrons. The van der Waals surface area contributed by atoms with Crippen LogP contribution >= 0.6 is 11.6 Å². The van der Waals surface area contributed by atoms with E-state index < -0.39 is 0 Å². The molecule has 0 saturated heterocycles. The maximum absolute atomic E-state index is 11.0. The van der Waals surface area contributed by atoms with Crippen molar-refractivity contribution in [2.75, 3.05) is 7.11 Å². The van der Waals surface area contributed by atoms with Gasteiger partial charge in [-0.2, -0.15) is 5.10 Å². The van der Waals surface area contributed by atoms with Gasteiger partial charge < -0.3 is 10.5 Å². The summed E-state index contributed by atoms with van der Waals surface area (Å²) in [7, 11) is 3.11. The highest BCUT2D eigenvalue weighted by molar-refractivity contribution is 6.30. The van der Waals surface area contributed by atoms with Gasteiger partial charge >= 0.3 is 5.97 Å². The van der Waals surface area contributed by atoms with Crippen LogP contribution in [0.2, 0.25) is 5.15 Å². The zero-order valence-electron chi connectivity index (χ0n) is 9.66. The Morgan fingerprint density at radius 3 is 2.75 bits per heavy atom. The molecule has 1 atom stereocenters. The van der Waals surface area contributed by atoms with Gasteiger partial charge in [-0.3, -0.25) is 9.48 Å². The van der Waals surface area contributed by atoms with Crippen molar-refractivity contribution in [2.45, 2.75) is 25.8 Å². The zero-order valence-corrected chi connectivity index (χ0v) is 10.4. The fourth-order valence-corrected chi connectivity index (χ4v) is 1.90. The molecule has 1 unspecified atom stereocenters. The molecule has 0 aliphatic rings. The molecule has 2 N–H and O–H groups in total. The Morgan fingerprint density at radius 1 is 1.69 bits per heavy atom. The van der Waals surface area contributed by atoms with E-state index in [4.69, 9.17) is 17.3 Å². The van der Waals surface area contributed by atoms with E-state index in [0.717, 1.165) is 11.3 Å². The van der Waals surface area contributed by atoms with Crippen LogP contribution in [0.4, 0.5) is 0 Å². The Kier molecular flexibility index (Phi) is 4.32. The maximum Gasteiger partial charge on any atom is 0.305 e. The molecule has 90 valence electrons. The van der Waals surface area contributed by atoms with Crippen LogP contribution in [0.5, 0.6) is 0 Å². The van der Waals surface area contributed by atoms with E-state index in [9.17, 15) is 4.79 Å². The van der Waals surface area contributed by atoms with Crippen molar-refractivity contribution in [3.63, 3.8) is 0 Å². The third kappa shape index (κ3) is 2.74. The van der Waals surface area contributed by atoms with Crippen molar-refractivity contribution in [3.05, 3.63) is 16.4 Å². The van der Waals surface area contributed by atoms with E-state index in [2.05, 4.69) is 9.84 Å². The Hall–Kier alpha value is -1.07. The van der Waals surface area contributed by atoms with Crippen LogP contribution in [0, 0.1) is 6.92 Å². The molecule has 0 saturated carbocycles. The summed E-state index contributed by atoms with van der Waals surface area (Å²) in [5.41, 5.74) is 7.56. The number of carbonyl (C=O) groups excluding carboxylic acids is 1. The number of ether oxygens (including phenoxy) is 1. The molecule has 0 spiro atoms. The zero-order chi connectivity index (χ0) is 12.3. The summed E-state index contributed by atoms with van der Waals surface area (Å²) in [5.74, 6) is -0.270. The van der Waals surface area contributed by atoms with Gasteiger partial charge in [0.1, 0.15) is 5.15 Å². The molecule has 0 fully saturated rings. The van der Waals surface area contributed by atoms with Crippen molar-refractivity contribution in [1.82, 2.24) is 9.78 Å². The van der Waals surface area contributed by atoms with Crippen LogP contribution in [0.15, 0.2) is 0 Å². The molecular formula is C10H16ClN3O2. The van der Waals surface area contributed by atoms with Crippen molar-refractivity contribution >= 4 is 17.6 Å². The molecule has 0 bridgehead atoms. The topological polar surface area (TPSA) is 70.1 Å². The molecular weight excluding hydrogens is 230 g/mol. The molecule has 1 heterocycles. The van der Waals surface area contributed by atoms with E-state index in [1.54, 1.807) is 11.7 Å². The molecule has 16 heavy (non-hydrogen) atoms. The predicted octanol–water partition coefficient (Wildman–Crippen LogP) is 1.33. The number of rotatable bonds is 4. The summed E-state index contributed by atoms with van der Waals surface area (Å²) < 4.78 is 6.13. The number of aryl methyl sites for hydroxylation is 2. The van der Waals surface area contributed by atoms with E-state index >= 15 is 0 Å². The van der Waals surface area contributed by atoms with E-state index in [-0.39, 0.29) is 18.4 Å². The van der Waals surface area contributed by atoms with Crippen LogP contribution in [-0.2, 0) is 16.6 Å². The predicted molar refractivity (Wildman–Crippen MR) is 61.1 cm³/mol. The van der Waals surface area contributed by atoms with Crippen LogP contribution in [0.3, 0.4) is 0 Å². The normalized spacial score (nSPS) is 12.6. The molecule has 0 aromatic carbocycles. The highest BCUT2D eigenvalue weighted by atomic mass is 35.5. The number of aromatic nitrogens is 2. The van der Waals surface area contributed by atoms with Gasteiger partial charge in [0.2, 0.25) is 0 Å². The van der Waals surface area contributed by atoms with Gasteiger partial charge in [-0.1, -0.05) is 11.6 Å². The fourth-order valence-electron chi connectivity index (χ4n) is 1.59. The highest BCUT2D eigenvalue weighted by Gasteiger charge is 2.19. The molecule has 1 aromatic heterocycles. The van der Waals surface area contributed by atoms with Crippen LogP contribution in [0.1, 0.15) is 30.1 Å². The number of hydrogen-bond acceptors (Lipinski definition) is 4. The lowest BCUT2D eigenvalue weighted by Crippen LogP contribution is -2.14. The number of hydrogen-bond donors (Lipinski definition) is 1. The second kappa shape index (κ2) is 5.32. The van der Waals surface area contributed by atoms with E-state index in [0.29, 0.717) is 11.6 Å². The first kappa shape index (κ1) is 13.0. The smallest absolute Gasteiger partial charge is 0.305 e. The maximum atomic E-state index is 11.0. The van der Waals surface area contributed by atoms with E-state index in [1.165, 1.54) is 7.11 Å². The Labute approximate surface area is 99.5 Å². The fraction of sp³-hybridized carbons (Fsp3) is 0.600. The minimum Gasteiger partial charge on any atom is -0.469 e. The summed E-state index contributed by atoms with van der Waals surface area (Å²) in [4.78, 5) is 11.0. The first-order valence-corrected chi connectivity index (χ1v) is 5.36. The molecule has 1 aromatic rings. The largest absolute Gasteiger partial charge is 0.469 e. The summed E-state index contributed by atoms with van der Waals surface area (Å²) in [6, 6.07) is -0.291. The lowest BCUT2D eigenvalue weighted by Gasteiger charge is -2.10.